The number of nitrogens with zero attached hydrogens (tertiary/aromatic N) is 2. The van der Waals surface area contributed by atoms with Crippen molar-refractivity contribution in [3.8, 4) is 5.75 Å². The summed E-state index contributed by atoms with van der Waals surface area (Å²) in [6.07, 6.45) is 3.19. The summed E-state index contributed by atoms with van der Waals surface area (Å²) in [6.45, 7) is 9.85. The van der Waals surface area contributed by atoms with Crippen molar-refractivity contribution < 1.29 is 14.3 Å². The number of carbonyl (C=O) groups excluding carboxylic acids is 2. The van der Waals surface area contributed by atoms with E-state index >= 15 is 0 Å². The van der Waals surface area contributed by atoms with Gasteiger partial charge in [0.05, 0.1) is 13.7 Å². The molecule has 0 spiro atoms. The zero-order chi connectivity index (χ0) is 25.4. The van der Waals surface area contributed by atoms with Crippen LogP contribution in [0.15, 0.2) is 54.7 Å². The van der Waals surface area contributed by atoms with Gasteiger partial charge in [-0.2, -0.15) is 0 Å². The zero-order valence-electron chi connectivity index (χ0n) is 21.7. The molecule has 2 aromatic carbocycles. The second-order valence-electron chi connectivity index (χ2n) is 10.0. The van der Waals surface area contributed by atoms with Crippen molar-refractivity contribution in [3.63, 3.8) is 0 Å². The maximum absolute atomic E-state index is 13.6. The maximum Gasteiger partial charge on any atom is 0.242 e. The first-order chi connectivity index (χ1) is 16.8. The van der Waals surface area contributed by atoms with Gasteiger partial charge in [-0.25, -0.2) is 0 Å². The molecule has 0 saturated heterocycles. The van der Waals surface area contributed by atoms with E-state index in [1.807, 2.05) is 61.3 Å². The van der Waals surface area contributed by atoms with Gasteiger partial charge in [0.15, 0.2) is 0 Å². The van der Waals surface area contributed by atoms with Crippen molar-refractivity contribution in [1.29, 1.82) is 0 Å². The summed E-state index contributed by atoms with van der Waals surface area (Å²) in [7, 11) is 1.64. The van der Waals surface area contributed by atoms with Crippen molar-refractivity contribution >= 4 is 22.7 Å². The molecule has 0 aliphatic rings. The molecule has 6 nitrogen and oxygen atoms in total. The monoisotopic (exact) mass is 477 g/mol. The highest BCUT2D eigenvalue weighted by atomic mass is 16.5. The number of hydrogen-bond acceptors (Lipinski definition) is 3. The van der Waals surface area contributed by atoms with Crippen LogP contribution in [0.5, 0.6) is 5.75 Å². The number of ether oxygens (including phenoxy) is 1. The SMILES string of the molecule is COc1ccccc1CN(CCc1c[nH]c2ccccc12)C(=O)CN(CC(C)C)C(=O)CC(C)C. The van der Waals surface area contributed by atoms with Gasteiger partial charge >= 0.3 is 0 Å². The molecule has 0 saturated carbocycles. The first kappa shape index (κ1) is 26.3. The van der Waals surface area contributed by atoms with Gasteiger partial charge in [0, 0.05) is 48.7 Å². The molecule has 0 aliphatic heterocycles. The quantitative estimate of drug-likeness (QED) is 0.386. The van der Waals surface area contributed by atoms with Crippen molar-refractivity contribution in [2.45, 2.75) is 47.1 Å². The minimum atomic E-state index is -0.0477. The fraction of sp³-hybridized carbons (Fsp3) is 0.448. The fourth-order valence-corrected chi connectivity index (χ4v) is 4.36. The normalized spacial score (nSPS) is 11.3. The first-order valence-electron chi connectivity index (χ1n) is 12.5. The summed E-state index contributed by atoms with van der Waals surface area (Å²) >= 11 is 0. The molecule has 0 aliphatic carbocycles. The summed E-state index contributed by atoms with van der Waals surface area (Å²) in [5.41, 5.74) is 3.21. The summed E-state index contributed by atoms with van der Waals surface area (Å²) in [4.78, 5) is 33.5. The van der Waals surface area contributed by atoms with Crippen LogP contribution in [-0.4, -0.2) is 53.3 Å². The molecule has 1 aromatic heterocycles. The number of methoxy groups -OCH3 is 1. The molecule has 1 N–H and O–H groups in total. The van der Waals surface area contributed by atoms with E-state index < -0.39 is 0 Å². The van der Waals surface area contributed by atoms with E-state index in [0.717, 1.165) is 23.3 Å². The number of benzene rings is 2. The third-order valence-corrected chi connectivity index (χ3v) is 6.08. The van der Waals surface area contributed by atoms with E-state index in [2.05, 4.69) is 31.0 Å². The largest absolute Gasteiger partial charge is 0.496 e. The lowest BCUT2D eigenvalue weighted by Gasteiger charge is -2.29. The number of nitrogens with one attached hydrogen (secondary N) is 1. The molecule has 0 bridgehead atoms. The highest BCUT2D eigenvalue weighted by Crippen LogP contribution is 2.22. The van der Waals surface area contributed by atoms with Gasteiger partial charge in [0.1, 0.15) is 5.75 Å². The number of carbonyl (C=O) groups is 2. The molecular weight excluding hydrogens is 438 g/mol. The average molecular weight is 478 g/mol. The Kier molecular flexibility index (Phi) is 9.35. The smallest absolute Gasteiger partial charge is 0.242 e. The number of fused-ring (bicyclic) bond motifs is 1. The van der Waals surface area contributed by atoms with Crippen LogP contribution >= 0.6 is 0 Å². The highest BCUT2D eigenvalue weighted by molar-refractivity contribution is 5.85. The molecule has 0 unspecified atom stereocenters. The van der Waals surface area contributed by atoms with E-state index in [4.69, 9.17) is 4.74 Å². The van der Waals surface area contributed by atoms with Gasteiger partial charge in [-0.05, 0) is 36.0 Å². The number of aromatic nitrogens is 1. The van der Waals surface area contributed by atoms with Crippen LogP contribution in [0, 0.1) is 11.8 Å². The van der Waals surface area contributed by atoms with Gasteiger partial charge in [-0.15, -0.1) is 0 Å². The number of amides is 2. The van der Waals surface area contributed by atoms with Crippen LogP contribution in [0.4, 0.5) is 0 Å². The van der Waals surface area contributed by atoms with Gasteiger partial charge < -0.3 is 19.5 Å². The molecule has 3 rings (SSSR count). The molecule has 3 aromatic rings. The summed E-state index contributed by atoms with van der Waals surface area (Å²) in [5, 5.41) is 1.17. The molecule has 0 radical (unpaired) electrons. The summed E-state index contributed by atoms with van der Waals surface area (Å²) < 4.78 is 5.54. The molecule has 35 heavy (non-hydrogen) atoms. The molecule has 2 amide bonds. The Morgan fingerprint density at radius 2 is 1.60 bits per heavy atom. The van der Waals surface area contributed by atoms with Crippen LogP contribution in [0.2, 0.25) is 0 Å². The van der Waals surface area contributed by atoms with Crippen LogP contribution in [-0.2, 0) is 22.6 Å². The number of H-pyrrole nitrogens is 1. The number of para-hydroxylation sites is 2. The fourth-order valence-electron chi connectivity index (χ4n) is 4.36. The minimum absolute atomic E-state index is 0.0379. The van der Waals surface area contributed by atoms with E-state index in [9.17, 15) is 9.59 Å². The second kappa shape index (κ2) is 12.4. The van der Waals surface area contributed by atoms with Crippen LogP contribution in [0.1, 0.15) is 45.2 Å². The number of aromatic amines is 1. The molecule has 1 heterocycles. The standard InChI is InChI=1S/C29H39N3O3/c1-21(2)16-28(33)32(18-22(3)4)20-29(34)31(19-24-10-6-9-13-27(24)35-5)15-14-23-17-30-26-12-8-7-11-25(23)26/h6-13,17,21-22,30H,14-16,18-20H2,1-5H3. The van der Waals surface area contributed by atoms with Crippen LogP contribution in [0.3, 0.4) is 0 Å². The maximum atomic E-state index is 13.6. The van der Waals surface area contributed by atoms with Gasteiger partial charge in [-0.1, -0.05) is 64.1 Å². The summed E-state index contributed by atoms with van der Waals surface area (Å²) in [5.74, 6) is 1.28. The van der Waals surface area contributed by atoms with Gasteiger partial charge in [0.2, 0.25) is 11.8 Å². The topological polar surface area (TPSA) is 65.6 Å². The van der Waals surface area contributed by atoms with E-state index in [1.54, 1.807) is 12.0 Å². The Hall–Kier alpha value is -3.28. The lowest BCUT2D eigenvalue weighted by Crippen LogP contribution is -2.45. The Labute approximate surface area is 209 Å². The van der Waals surface area contributed by atoms with E-state index in [-0.39, 0.29) is 30.2 Å². The molecule has 188 valence electrons. The predicted octanol–water partition coefficient (Wildman–Crippen LogP) is 5.28. The Bertz CT molecular complexity index is 1120. The third-order valence-electron chi connectivity index (χ3n) is 6.08. The van der Waals surface area contributed by atoms with E-state index in [0.29, 0.717) is 26.1 Å². The van der Waals surface area contributed by atoms with Crippen LogP contribution in [0.25, 0.3) is 10.9 Å². The predicted molar refractivity (Wildman–Crippen MR) is 141 cm³/mol. The molecule has 0 atom stereocenters. The Morgan fingerprint density at radius 3 is 2.31 bits per heavy atom. The Morgan fingerprint density at radius 1 is 0.886 bits per heavy atom. The summed E-state index contributed by atoms with van der Waals surface area (Å²) in [6, 6.07) is 16.0. The molecular formula is C29H39N3O3. The average Bonchev–Trinajstić information content (AvgIpc) is 3.23. The van der Waals surface area contributed by atoms with Gasteiger partial charge in [0.25, 0.3) is 0 Å². The lowest BCUT2D eigenvalue weighted by atomic mass is 10.1. The lowest BCUT2D eigenvalue weighted by molar-refractivity contribution is -0.141. The van der Waals surface area contributed by atoms with Crippen molar-refractivity contribution in [1.82, 2.24) is 14.8 Å². The number of rotatable bonds is 12. The number of hydrogen-bond donors (Lipinski definition) is 1. The molecule has 0 fully saturated rings. The zero-order valence-corrected chi connectivity index (χ0v) is 21.7. The van der Waals surface area contributed by atoms with Gasteiger partial charge in [-0.3, -0.25) is 9.59 Å². The first-order valence-corrected chi connectivity index (χ1v) is 12.5. The molecule has 6 heteroatoms. The van der Waals surface area contributed by atoms with E-state index in [1.165, 1.54) is 10.9 Å². The second-order valence-corrected chi connectivity index (χ2v) is 10.0. The van der Waals surface area contributed by atoms with Crippen molar-refractivity contribution in [3.05, 3.63) is 65.9 Å². The van der Waals surface area contributed by atoms with Crippen LogP contribution < -0.4 is 4.74 Å². The Balaban J connectivity index is 1.82. The highest BCUT2D eigenvalue weighted by Gasteiger charge is 2.23. The van der Waals surface area contributed by atoms with Crippen molar-refractivity contribution in [2.75, 3.05) is 26.7 Å². The third kappa shape index (κ3) is 7.35. The minimum Gasteiger partial charge on any atom is -0.496 e. The van der Waals surface area contributed by atoms with Crippen molar-refractivity contribution in [2.24, 2.45) is 11.8 Å².